The normalized spacial score (nSPS) is 12.7. The summed E-state index contributed by atoms with van der Waals surface area (Å²) >= 11 is 0. The number of sulfonamides is 1. The summed E-state index contributed by atoms with van der Waals surface area (Å²) in [4.78, 5) is 0.340. The first-order valence-corrected chi connectivity index (χ1v) is 8.10. The summed E-state index contributed by atoms with van der Waals surface area (Å²) in [5, 5.41) is 0. The number of hydrogen-bond acceptors (Lipinski definition) is 3. The minimum absolute atomic E-state index is 0.296. The van der Waals surface area contributed by atoms with Gasteiger partial charge in [0.25, 0.3) is 0 Å². The molecule has 0 aromatic heterocycles. The predicted molar refractivity (Wildman–Crippen MR) is 78.6 cm³/mol. The number of nitrogens with one attached hydrogen (secondary N) is 1. The third kappa shape index (κ3) is 3.55. The lowest BCUT2D eigenvalue weighted by Gasteiger charge is -2.31. The first kappa shape index (κ1) is 16.1. The topological polar surface area (TPSA) is 72.2 Å². The van der Waals surface area contributed by atoms with E-state index in [0.29, 0.717) is 24.3 Å². The van der Waals surface area contributed by atoms with Gasteiger partial charge in [-0.25, -0.2) is 13.1 Å². The smallest absolute Gasteiger partial charge is 0.241 e. The van der Waals surface area contributed by atoms with Gasteiger partial charge >= 0.3 is 0 Å². The predicted octanol–water partition coefficient (Wildman–Crippen LogP) is 2.10. The average molecular weight is 284 g/mol. The van der Waals surface area contributed by atoms with Crippen molar-refractivity contribution >= 4 is 10.0 Å². The quantitative estimate of drug-likeness (QED) is 0.840. The summed E-state index contributed by atoms with van der Waals surface area (Å²) in [6.45, 7) is 7.87. The summed E-state index contributed by atoms with van der Waals surface area (Å²) in [5.41, 5.74) is 6.87. The monoisotopic (exact) mass is 284 g/mol. The Morgan fingerprint density at radius 1 is 1.21 bits per heavy atom. The van der Waals surface area contributed by atoms with Crippen molar-refractivity contribution in [3.63, 3.8) is 0 Å². The Hall–Kier alpha value is -0.910. The van der Waals surface area contributed by atoms with E-state index >= 15 is 0 Å². The van der Waals surface area contributed by atoms with E-state index in [9.17, 15) is 8.42 Å². The Balaban J connectivity index is 3.21. The number of aryl methyl sites for hydroxylation is 2. The molecule has 4 nitrogen and oxygen atoms in total. The van der Waals surface area contributed by atoms with Crippen LogP contribution in [0.5, 0.6) is 0 Å². The van der Waals surface area contributed by atoms with Gasteiger partial charge in [-0.15, -0.1) is 0 Å². The van der Waals surface area contributed by atoms with Crippen molar-refractivity contribution in [2.75, 3.05) is 6.54 Å². The highest BCUT2D eigenvalue weighted by atomic mass is 32.2. The van der Waals surface area contributed by atoms with Crippen LogP contribution in [0.1, 0.15) is 37.8 Å². The molecule has 0 atom stereocenters. The lowest BCUT2D eigenvalue weighted by atomic mass is 9.95. The second-order valence-corrected chi connectivity index (χ2v) is 6.72. The molecule has 0 spiro atoms. The lowest BCUT2D eigenvalue weighted by molar-refractivity contribution is 0.363. The molecular weight excluding hydrogens is 260 g/mol. The van der Waals surface area contributed by atoms with Crippen LogP contribution in [0.25, 0.3) is 0 Å². The molecule has 1 rings (SSSR count). The van der Waals surface area contributed by atoms with Gasteiger partial charge in [0, 0.05) is 12.1 Å². The van der Waals surface area contributed by atoms with E-state index in [-0.39, 0.29) is 0 Å². The van der Waals surface area contributed by atoms with Gasteiger partial charge in [0.15, 0.2) is 0 Å². The second kappa shape index (κ2) is 6.03. The molecule has 0 saturated heterocycles. The minimum Gasteiger partial charge on any atom is -0.329 e. The molecule has 0 heterocycles. The maximum atomic E-state index is 12.5. The van der Waals surface area contributed by atoms with Gasteiger partial charge in [0.2, 0.25) is 10.0 Å². The molecule has 1 aromatic carbocycles. The maximum Gasteiger partial charge on any atom is 0.241 e. The van der Waals surface area contributed by atoms with Gasteiger partial charge in [0.05, 0.1) is 4.90 Å². The van der Waals surface area contributed by atoms with Gasteiger partial charge in [-0.3, -0.25) is 0 Å². The van der Waals surface area contributed by atoms with E-state index in [1.807, 2.05) is 32.9 Å². The Labute approximate surface area is 116 Å². The summed E-state index contributed by atoms with van der Waals surface area (Å²) in [6, 6.07) is 5.43. The molecule has 0 radical (unpaired) electrons. The second-order valence-electron chi connectivity index (χ2n) is 5.07. The zero-order valence-corrected chi connectivity index (χ0v) is 13.0. The number of nitrogens with two attached hydrogens (primary N) is 1. The van der Waals surface area contributed by atoms with Crippen LogP contribution >= 0.6 is 0 Å². The van der Waals surface area contributed by atoms with Gasteiger partial charge in [-0.05, 0) is 43.9 Å². The zero-order valence-electron chi connectivity index (χ0n) is 12.2. The fraction of sp³-hybridized carbons (Fsp3) is 0.571. The Bertz CT molecular complexity index is 526. The highest BCUT2D eigenvalue weighted by Crippen LogP contribution is 2.21. The number of benzene rings is 1. The van der Waals surface area contributed by atoms with E-state index in [1.54, 1.807) is 13.0 Å². The van der Waals surface area contributed by atoms with E-state index in [2.05, 4.69) is 4.72 Å². The first-order valence-electron chi connectivity index (χ1n) is 6.61. The van der Waals surface area contributed by atoms with Crippen molar-refractivity contribution in [2.45, 2.75) is 51.0 Å². The fourth-order valence-corrected chi connectivity index (χ4v) is 3.95. The van der Waals surface area contributed by atoms with E-state index < -0.39 is 15.6 Å². The van der Waals surface area contributed by atoms with Crippen LogP contribution in [0, 0.1) is 13.8 Å². The minimum atomic E-state index is -3.54. The Kier molecular flexibility index (Phi) is 5.12. The number of rotatable bonds is 6. The third-order valence-electron chi connectivity index (χ3n) is 3.73. The average Bonchev–Trinajstić information content (AvgIpc) is 2.39. The van der Waals surface area contributed by atoms with Crippen molar-refractivity contribution in [3.8, 4) is 0 Å². The SMILES string of the molecule is CCC(CC)(CN)NS(=O)(=O)c1cc(C)ccc1C. The van der Waals surface area contributed by atoms with Crippen LogP contribution in [-0.2, 0) is 10.0 Å². The van der Waals surface area contributed by atoms with Crippen LogP contribution in [0.2, 0.25) is 0 Å². The molecule has 0 aliphatic heterocycles. The largest absolute Gasteiger partial charge is 0.329 e. The lowest BCUT2D eigenvalue weighted by Crippen LogP contribution is -2.52. The van der Waals surface area contributed by atoms with Gasteiger partial charge in [0.1, 0.15) is 0 Å². The van der Waals surface area contributed by atoms with Crippen molar-refractivity contribution in [1.82, 2.24) is 4.72 Å². The van der Waals surface area contributed by atoms with Crippen molar-refractivity contribution in [1.29, 1.82) is 0 Å². The maximum absolute atomic E-state index is 12.5. The third-order valence-corrected chi connectivity index (χ3v) is 5.45. The van der Waals surface area contributed by atoms with Crippen molar-refractivity contribution in [3.05, 3.63) is 29.3 Å². The molecular formula is C14H24N2O2S. The highest BCUT2D eigenvalue weighted by Gasteiger charge is 2.31. The van der Waals surface area contributed by atoms with Crippen LogP contribution < -0.4 is 10.5 Å². The van der Waals surface area contributed by atoms with Crippen LogP contribution in [0.15, 0.2) is 23.1 Å². The van der Waals surface area contributed by atoms with Crippen LogP contribution in [-0.4, -0.2) is 20.5 Å². The summed E-state index contributed by atoms with van der Waals surface area (Å²) in [7, 11) is -3.54. The zero-order chi connectivity index (χ0) is 14.7. The van der Waals surface area contributed by atoms with E-state index in [4.69, 9.17) is 5.73 Å². The molecule has 0 unspecified atom stereocenters. The molecule has 108 valence electrons. The Morgan fingerprint density at radius 3 is 2.26 bits per heavy atom. The molecule has 19 heavy (non-hydrogen) atoms. The van der Waals surface area contributed by atoms with Crippen molar-refractivity contribution in [2.24, 2.45) is 5.73 Å². The Morgan fingerprint density at radius 2 is 1.79 bits per heavy atom. The van der Waals surface area contributed by atoms with E-state index in [1.165, 1.54) is 0 Å². The molecule has 0 saturated carbocycles. The summed E-state index contributed by atoms with van der Waals surface area (Å²) in [6.07, 6.45) is 1.34. The van der Waals surface area contributed by atoms with Crippen LogP contribution in [0.3, 0.4) is 0 Å². The highest BCUT2D eigenvalue weighted by molar-refractivity contribution is 7.89. The first-order chi connectivity index (χ1) is 8.80. The van der Waals surface area contributed by atoms with Gasteiger partial charge in [-0.1, -0.05) is 26.0 Å². The standard InChI is InChI=1S/C14H24N2O2S/c1-5-14(6-2,10-15)16-19(17,18)13-9-11(3)7-8-12(13)4/h7-9,16H,5-6,10,15H2,1-4H3. The molecule has 5 heteroatoms. The van der Waals surface area contributed by atoms with E-state index in [0.717, 1.165) is 11.1 Å². The van der Waals surface area contributed by atoms with Crippen LogP contribution in [0.4, 0.5) is 0 Å². The molecule has 0 aliphatic carbocycles. The summed E-state index contributed by atoms with van der Waals surface area (Å²) < 4.78 is 27.8. The van der Waals surface area contributed by atoms with Gasteiger partial charge < -0.3 is 5.73 Å². The molecule has 1 aromatic rings. The molecule has 0 fully saturated rings. The molecule has 0 amide bonds. The molecule has 3 N–H and O–H groups in total. The summed E-state index contributed by atoms with van der Waals surface area (Å²) in [5.74, 6) is 0. The number of hydrogen-bond donors (Lipinski definition) is 2. The van der Waals surface area contributed by atoms with Crippen molar-refractivity contribution < 1.29 is 8.42 Å². The fourth-order valence-electron chi connectivity index (χ4n) is 2.06. The van der Waals surface area contributed by atoms with Gasteiger partial charge in [-0.2, -0.15) is 0 Å². The molecule has 0 bridgehead atoms. The molecule has 0 aliphatic rings.